The van der Waals surface area contributed by atoms with E-state index in [1.54, 1.807) is 13.3 Å². The summed E-state index contributed by atoms with van der Waals surface area (Å²) in [5.74, 6) is -1.03. The molecular weight excluding hydrogens is 739 g/mol. The number of methoxy groups -OCH3 is 2. The van der Waals surface area contributed by atoms with Crippen LogP contribution in [0.1, 0.15) is 72.4 Å². The van der Waals surface area contributed by atoms with E-state index in [4.69, 9.17) is 25.8 Å². The molecule has 2 aromatic carbocycles. The van der Waals surface area contributed by atoms with E-state index in [2.05, 4.69) is 25.9 Å². The average Bonchev–Trinajstić information content (AvgIpc) is 3.86. The van der Waals surface area contributed by atoms with Crippen LogP contribution in [0.4, 0.5) is 13.2 Å². The van der Waals surface area contributed by atoms with Crippen LogP contribution >= 0.6 is 11.6 Å². The van der Waals surface area contributed by atoms with Crippen LogP contribution < -0.4 is 30.2 Å². The molecule has 2 fully saturated rings. The van der Waals surface area contributed by atoms with Gasteiger partial charge in [-0.2, -0.15) is 18.2 Å². The van der Waals surface area contributed by atoms with E-state index in [1.165, 1.54) is 7.11 Å². The normalized spacial score (nSPS) is 18.7. The molecule has 1 unspecified atom stereocenters. The van der Waals surface area contributed by atoms with Crippen molar-refractivity contribution < 1.29 is 42.1 Å². The fourth-order valence-corrected chi connectivity index (χ4v) is 7.71. The molecule has 3 heterocycles. The molecule has 1 aliphatic heterocycles. The second kappa shape index (κ2) is 15.7. The van der Waals surface area contributed by atoms with Crippen LogP contribution in [0.3, 0.4) is 0 Å². The number of benzene rings is 2. The van der Waals surface area contributed by atoms with Gasteiger partial charge in [0.15, 0.2) is 0 Å². The first-order chi connectivity index (χ1) is 26.4. The standard InChI is InChI=1S/C40H41ClF3N5O6/c1-53-32-18-22(9-10-23(32)19-45-21-25-11-12-33(50)48-25)35-34(41)29(13-16-46-35)27-5-3-7-28-26(27)6-4-8-31(28)55-37-30(40(42,43)44)17-24(36(49-37)54-2)20-47-39(14-15-39)38(51)52/h3,5,7,9-10,13,16-18,25,31,45,47H,4,6,8,11-12,14-15,19-21H2,1-2H3,(H,48,50)(H,51,52)/t25?,31-/m1/s1. The van der Waals surface area contributed by atoms with E-state index >= 15 is 0 Å². The number of halogens is 4. The van der Waals surface area contributed by atoms with E-state index in [0.717, 1.165) is 45.9 Å². The predicted octanol–water partition coefficient (Wildman–Crippen LogP) is 7.03. The number of alkyl halides is 3. The van der Waals surface area contributed by atoms with Crippen molar-refractivity contribution in [1.29, 1.82) is 0 Å². The summed E-state index contributed by atoms with van der Waals surface area (Å²) in [7, 11) is 2.89. The van der Waals surface area contributed by atoms with Crippen molar-refractivity contribution in [3.05, 3.63) is 87.6 Å². The molecule has 0 bridgehead atoms. The zero-order valence-electron chi connectivity index (χ0n) is 30.3. The molecule has 2 atom stereocenters. The van der Waals surface area contributed by atoms with Gasteiger partial charge in [-0.15, -0.1) is 0 Å². The molecule has 1 saturated carbocycles. The minimum Gasteiger partial charge on any atom is -0.496 e. The topological polar surface area (TPSA) is 144 Å². The van der Waals surface area contributed by atoms with Gasteiger partial charge in [0.2, 0.25) is 17.7 Å². The highest BCUT2D eigenvalue weighted by atomic mass is 35.5. The molecule has 0 spiro atoms. The van der Waals surface area contributed by atoms with Crippen molar-refractivity contribution in [2.45, 2.75) is 81.9 Å². The Hall–Kier alpha value is -4.92. The zero-order valence-corrected chi connectivity index (χ0v) is 31.1. The molecule has 15 heteroatoms. The van der Waals surface area contributed by atoms with E-state index in [9.17, 15) is 27.9 Å². The Morgan fingerprint density at radius 2 is 1.84 bits per heavy atom. The van der Waals surface area contributed by atoms with Gasteiger partial charge in [-0.05, 0) is 73.4 Å². The van der Waals surface area contributed by atoms with Gasteiger partial charge in [-0.25, -0.2) is 0 Å². The highest BCUT2D eigenvalue weighted by Crippen LogP contribution is 2.45. The summed E-state index contributed by atoms with van der Waals surface area (Å²) < 4.78 is 60.8. The molecular formula is C40H41ClF3N5O6. The Bertz CT molecular complexity index is 2110. The van der Waals surface area contributed by atoms with Crippen molar-refractivity contribution in [2.24, 2.45) is 0 Å². The maximum Gasteiger partial charge on any atom is 0.421 e. The predicted molar refractivity (Wildman–Crippen MR) is 198 cm³/mol. The average molecular weight is 780 g/mol. The lowest BCUT2D eigenvalue weighted by Crippen LogP contribution is -2.38. The highest BCUT2D eigenvalue weighted by molar-refractivity contribution is 6.35. The number of carbonyl (C=O) groups excluding carboxylic acids is 1. The van der Waals surface area contributed by atoms with Crippen LogP contribution in [0.5, 0.6) is 17.5 Å². The lowest BCUT2D eigenvalue weighted by Gasteiger charge is -2.29. The number of nitrogens with one attached hydrogen (secondary N) is 3. The smallest absolute Gasteiger partial charge is 0.421 e. The quantitative estimate of drug-likeness (QED) is 0.105. The van der Waals surface area contributed by atoms with Crippen LogP contribution in [0.25, 0.3) is 22.4 Å². The molecule has 2 aromatic heterocycles. The van der Waals surface area contributed by atoms with Gasteiger partial charge in [0.25, 0.3) is 0 Å². The second-order valence-electron chi connectivity index (χ2n) is 14.1. The van der Waals surface area contributed by atoms with Gasteiger partial charge in [0, 0.05) is 60.5 Å². The van der Waals surface area contributed by atoms with Crippen molar-refractivity contribution in [2.75, 3.05) is 20.8 Å². The van der Waals surface area contributed by atoms with Crippen molar-refractivity contribution in [1.82, 2.24) is 25.9 Å². The van der Waals surface area contributed by atoms with E-state index in [1.807, 2.05) is 42.5 Å². The Morgan fingerprint density at radius 1 is 1.02 bits per heavy atom. The van der Waals surface area contributed by atoms with Gasteiger partial charge in [-0.1, -0.05) is 41.9 Å². The molecule has 3 aliphatic rings. The number of hydrogen-bond donors (Lipinski definition) is 4. The third-order valence-electron chi connectivity index (χ3n) is 10.5. The fraction of sp³-hybridized carbons (Fsp3) is 0.400. The second-order valence-corrected chi connectivity index (χ2v) is 14.5. The molecule has 290 valence electrons. The molecule has 1 saturated heterocycles. The number of nitrogens with zero attached hydrogens (tertiary/aromatic N) is 2. The number of aliphatic carboxylic acids is 1. The number of amides is 1. The molecule has 2 aliphatic carbocycles. The molecule has 1 amide bonds. The maximum absolute atomic E-state index is 14.5. The Morgan fingerprint density at radius 3 is 2.53 bits per heavy atom. The summed E-state index contributed by atoms with van der Waals surface area (Å²) in [4.78, 5) is 32.0. The molecule has 55 heavy (non-hydrogen) atoms. The zero-order chi connectivity index (χ0) is 38.9. The van der Waals surface area contributed by atoms with Gasteiger partial charge >= 0.3 is 12.1 Å². The summed E-state index contributed by atoms with van der Waals surface area (Å²) in [6, 6.07) is 14.2. The molecule has 4 N–H and O–H groups in total. The van der Waals surface area contributed by atoms with Gasteiger partial charge < -0.3 is 30.0 Å². The minimum absolute atomic E-state index is 0.0704. The van der Waals surface area contributed by atoms with Crippen LogP contribution in [0.15, 0.2) is 54.7 Å². The number of fused-ring (bicyclic) bond motifs is 1. The third kappa shape index (κ3) is 8.07. The van der Waals surface area contributed by atoms with Gasteiger partial charge in [-0.3, -0.25) is 19.9 Å². The van der Waals surface area contributed by atoms with Gasteiger partial charge in [0.05, 0.1) is 24.9 Å². The number of carboxylic acids is 1. The third-order valence-corrected chi connectivity index (χ3v) is 10.9. The van der Waals surface area contributed by atoms with Crippen LogP contribution in [-0.4, -0.2) is 59.3 Å². The summed E-state index contributed by atoms with van der Waals surface area (Å²) in [6.45, 7) is 1.01. The maximum atomic E-state index is 14.5. The summed E-state index contributed by atoms with van der Waals surface area (Å²) in [5.41, 5.74) is 3.23. The van der Waals surface area contributed by atoms with E-state index < -0.39 is 35.2 Å². The number of ether oxygens (including phenoxy) is 3. The first kappa shape index (κ1) is 38.4. The number of rotatable bonds is 14. The van der Waals surface area contributed by atoms with Crippen molar-refractivity contribution in [3.8, 4) is 39.9 Å². The Balaban J connectivity index is 1.15. The van der Waals surface area contributed by atoms with Crippen LogP contribution in [-0.2, 0) is 35.3 Å². The van der Waals surface area contributed by atoms with Crippen LogP contribution in [0, 0.1) is 0 Å². The minimum atomic E-state index is -4.81. The fourth-order valence-electron chi connectivity index (χ4n) is 7.39. The number of hydrogen-bond acceptors (Lipinski definition) is 9. The van der Waals surface area contributed by atoms with Crippen molar-refractivity contribution >= 4 is 23.5 Å². The SMILES string of the molecule is COc1cc(-c2nccc(-c3cccc4c3CCC[C@H]4Oc3nc(OC)c(CNC4(C(=O)O)CC4)cc3C(F)(F)F)c2Cl)ccc1CNCC1CCC(=O)N1. The summed E-state index contributed by atoms with van der Waals surface area (Å²) in [6.07, 6.45) is -0.0293. The highest BCUT2D eigenvalue weighted by Gasteiger charge is 2.50. The molecule has 4 aromatic rings. The van der Waals surface area contributed by atoms with Gasteiger partial charge in [0.1, 0.15) is 23.0 Å². The largest absolute Gasteiger partial charge is 0.496 e. The first-order valence-corrected chi connectivity index (χ1v) is 18.5. The molecule has 11 nitrogen and oxygen atoms in total. The molecule has 7 rings (SSSR count). The van der Waals surface area contributed by atoms with E-state index in [-0.39, 0.29) is 29.9 Å². The number of carbonyl (C=O) groups is 2. The Labute approximate surface area is 321 Å². The summed E-state index contributed by atoms with van der Waals surface area (Å²) in [5, 5.41) is 19.1. The van der Waals surface area contributed by atoms with E-state index in [0.29, 0.717) is 68.1 Å². The lowest BCUT2D eigenvalue weighted by molar-refractivity contribution is -0.141. The summed E-state index contributed by atoms with van der Waals surface area (Å²) >= 11 is 7.12. The molecule has 0 radical (unpaired) electrons. The van der Waals surface area contributed by atoms with Crippen LogP contribution in [0.2, 0.25) is 5.02 Å². The van der Waals surface area contributed by atoms with Crippen molar-refractivity contribution in [3.63, 3.8) is 0 Å². The number of carboxylic acid groups (broad SMARTS) is 1. The Kier molecular flexibility index (Phi) is 10.9. The number of aromatic nitrogens is 2. The lowest BCUT2D eigenvalue weighted by atomic mass is 9.84. The monoisotopic (exact) mass is 779 g/mol. The number of pyridine rings is 2. The first-order valence-electron chi connectivity index (χ1n) is 18.1.